The third-order valence-corrected chi connectivity index (χ3v) is 5.63. The van der Waals surface area contributed by atoms with Crippen molar-refractivity contribution in [1.29, 1.82) is 0 Å². The van der Waals surface area contributed by atoms with Gasteiger partial charge in [-0.3, -0.25) is 4.79 Å². The average Bonchev–Trinajstić information content (AvgIpc) is 3.37. The highest BCUT2D eigenvalue weighted by atomic mass is 35.5. The maximum absolute atomic E-state index is 12.4. The number of hydrogen-bond donors (Lipinski definition) is 1. The Bertz CT molecular complexity index is 1250. The first kappa shape index (κ1) is 17.7. The molecular formula is C22H13ClN4OS. The summed E-state index contributed by atoms with van der Waals surface area (Å²) in [5.74, 6) is -0.0212. The minimum atomic E-state index is -0.260. The Morgan fingerprint density at radius 3 is 2.52 bits per heavy atom. The van der Waals surface area contributed by atoms with E-state index in [-0.39, 0.29) is 11.9 Å². The number of carbonyl (C=O) groups excluding carboxylic acids is 1. The van der Waals surface area contributed by atoms with Gasteiger partial charge in [-0.15, -0.1) is 11.3 Å². The molecule has 5 rings (SSSR count). The smallest absolute Gasteiger partial charge is 0.275 e. The lowest BCUT2D eigenvalue weighted by atomic mass is 10.1. The molecule has 29 heavy (non-hydrogen) atoms. The zero-order chi connectivity index (χ0) is 19.8. The summed E-state index contributed by atoms with van der Waals surface area (Å²) < 4.78 is 0. The van der Waals surface area contributed by atoms with Gasteiger partial charge >= 0.3 is 0 Å². The van der Waals surface area contributed by atoms with Crippen molar-refractivity contribution in [3.05, 3.63) is 82.7 Å². The van der Waals surface area contributed by atoms with Gasteiger partial charge in [-0.2, -0.15) is 0 Å². The Kier molecular flexibility index (Phi) is 4.42. The van der Waals surface area contributed by atoms with Crippen molar-refractivity contribution in [2.75, 3.05) is 5.32 Å². The van der Waals surface area contributed by atoms with Gasteiger partial charge in [0.15, 0.2) is 0 Å². The van der Waals surface area contributed by atoms with Crippen molar-refractivity contribution < 1.29 is 4.79 Å². The summed E-state index contributed by atoms with van der Waals surface area (Å²) in [6.07, 6.45) is 0. The summed E-state index contributed by atoms with van der Waals surface area (Å²) in [6.45, 7) is 0. The van der Waals surface area contributed by atoms with Gasteiger partial charge in [0.2, 0.25) is 0 Å². The first-order chi connectivity index (χ1) is 14.2. The molecule has 0 spiro atoms. The Hall–Kier alpha value is -3.35. The zero-order valence-electron chi connectivity index (χ0n) is 15.0. The van der Waals surface area contributed by atoms with Crippen LogP contribution in [-0.4, -0.2) is 21.6 Å². The minimum Gasteiger partial charge on any atom is -0.320 e. The molecular weight excluding hydrogens is 404 g/mol. The van der Waals surface area contributed by atoms with E-state index in [4.69, 9.17) is 11.6 Å². The number of anilines is 1. The topological polar surface area (TPSA) is 67.2 Å². The van der Waals surface area contributed by atoms with Crippen LogP contribution in [0.5, 0.6) is 0 Å². The summed E-state index contributed by atoms with van der Waals surface area (Å²) in [5.41, 5.74) is 4.16. The molecule has 3 heterocycles. The lowest BCUT2D eigenvalue weighted by Gasteiger charge is -2.06. The van der Waals surface area contributed by atoms with Gasteiger partial charge in [-0.25, -0.2) is 15.0 Å². The van der Waals surface area contributed by atoms with E-state index in [1.54, 1.807) is 11.3 Å². The molecule has 2 aromatic carbocycles. The predicted octanol–water partition coefficient (Wildman–Crippen LogP) is 5.60. The van der Waals surface area contributed by atoms with Crippen LogP contribution < -0.4 is 5.32 Å². The van der Waals surface area contributed by atoms with E-state index in [1.165, 1.54) is 0 Å². The molecule has 140 valence electrons. The molecule has 1 amide bonds. The molecule has 7 heteroatoms. The number of benzene rings is 2. The van der Waals surface area contributed by atoms with Crippen molar-refractivity contribution in [3.8, 4) is 21.8 Å². The largest absolute Gasteiger partial charge is 0.320 e. The van der Waals surface area contributed by atoms with E-state index in [2.05, 4.69) is 20.3 Å². The second kappa shape index (κ2) is 7.24. The summed E-state index contributed by atoms with van der Waals surface area (Å²) in [4.78, 5) is 27.1. The Balaban J connectivity index is 1.67. The number of fused-ring (bicyclic) bond motifs is 1. The van der Waals surface area contributed by atoms with Gasteiger partial charge in [0, 0.05) is 16.1 Å². The van der Waals surface area contributed by atoms with E-state index in [1.807, 2.05) is 72.1 Å². The summed E-state index contributed by atoms with van der Waals surface area (Å²) in [7, 11) is 0. The van der Waals surface area contributed by atoms with Crippen LogP contribution in [0.2, 0.25) is 5.02 Å². The molecule has 1 N–H and O–H groups in total. The van der Waals surface area contributed by atoms with E-state index in [9.17, 15) is 4.79 Å². The van der Waals surface area contributed by atoms with Crippen LogP contribution in [-0.2, 0) is 4.79 Å². The lowest BCUT2D eigenvalue weighted by Crippen LogP contribution is -2.14. The van der Waals surface area contributed by atoms with Crippen molar-refractivity contribution in [2.24, 2.45) is 4.99 Å². The van der Waals surface area contributed by atoms with Gasteiger partial charge in [0.1, 0.15) is 5.71 Å². The molecule has 5 nitrogen and oxygen atoms in total. The van der Waals surface area contributed by atoms with Crippen LogP contribution in [0.3, 0.4) is 0 Å². The van der Waals surface area contributed by atoms with Gasteiger partial charge in [0.05, 0.1) is 22.0 Å². The molecule has 0 fully saturated rings. The van der Waals surface area contributed by atoms with Crippen molar-refractivity contribution >= 4 is 46.2 Å². The number of nitrogens with zero attached hydrogens (tertiary/aromatic N) is 3. The molecule has 0 aliphatic carbocycles. The number of aromatic nitrogens is 2. The highest BCUT2D eigenvalue weighted by Crippen LogP contribution is 2.30. The van der Waals surface area contributed by atoms with Crippen molar-refractivity contribution in [1.82, 2.24) is 9.97 Å². The molecule has 2 aromatic heterocycles. The highest BCUT2D eigenvalue weighted by molar-refractivity contribution is 7.13. The number of halogens is 1. The number of aliphatic imine (C=N–C) groups is 1. The fraction of sp³-hybridized carbons (Fsp3) is 0. The first-order valence-corrected chi connectivity index (χ1v) is 10.1. The Morgan fingerprint density at radius 1 is 0.931 bits per heavy atom. The molecule has 0 atom stereocenters. The second-order valence-electron chi connectivity index (χ2n) is 6.38. The second-order valence-corrected chi connectivity index (χ2v) is 7.77. The third kappa shape index (κ3) is 3.44. The summed E-state index contributed by atoms with van der Waals surface area (Å²) in [6, 6.07) is 20.8. The van der Waals surface area contributed by atoms with Crippen LogP contribution in [0.25, 0.3) is 21.8 Å². The van der Waals surface area contributed by atoms with Crippen molar-refractivity contribution in [2.45, 2.75) is 0 Å². The van der Waals surface area contributed by atoms with E-state index < -0.39 is 0 Å². The normalized spacial score (nSPS) is 14.1. The third-order valence-electron chi connectivity index (χ3n) is 4.49. The molecule has 1 aliphatic heterocycles. The highest BCUT2D eigenvalue weighted by Gasteiger charge is 2.26. The Labute approximate surface area is 175 Å². The van der Waals surface area contributed by atoms with Gasteiger partial charge in [0.25, 0.3) is 11.9 Å². The first-order valence-electron chi connectivity index (χ1n) is 8.86. The lowest BCUT2D eigenvalue weighted by molar-refractivity contribution is -0.110. The van der Waals surface area contributed by atoms with Crippen LogP contribution in [0.1, 0.15) is 5.56 Å². The molecule has 0 saturated carbocycles. The molecule has 4 aromatic rings. The molecule has 0 radical (unpaired) electrons. The number of carbonyl (C=O) groups is 1. The summed E-state index contributed by atoms with van der Waals surface area (Å²) >= 11 is 7.61. The van der Waals surface area contributed by atoms with Crippen LogP contribution in [0.15, 0.2) is 77.1 Å². The fourth-order valence-corrected chi connectivity index (χ4v) is 3.93. The maximum Gasteiger partial charge on any atom is 0.275 e. The maximum atomic E-state index is 12.4. The average molecular weight is 417 g/mol. The summed E-state index contributed by atoms with van der Waals surface area (Å²) in [5, 5.41) is 5.47. The minimum absolute atomic E-state index is 0.239. The fourth-order valence-electron chi connectivity index (χ4n) is 3.12. The van der Waals surface area contributed by atoms with Gasteiger partial charge in [-0.05, 0) is 35.7 Å². The van der Waals surface area contributed by atoms with Crippen LogP contribution in [0, 0.1) is 0 Å². The standard InChI is InChI=1S/C22H13ClN4OS/c23-14-9-7-13(8-10-14)17-12-18(19-6-3-11-29-19)26-22(25-17)27-20-15-4-1-2-5-16(15)24-21(20)28/h1-12H,(H,24,25,26,27,28). The molecule has 0 saturated heterocycles. The van der Waals surface area contributed by atoms with E-state index in [0.29, 0.717) is 16.4 Å². The molecule has 0 unspecified atom stereocenters. The SMILES string of the molecule is O=C1Nc2ccccc2/C1=N/c1nc(-c2ccc(Cl)cc2)cc(-c2cccs2)n1. The number of nitrogens with one attached hydrogen (secondary N) is 1. The van der Waals surface area contributed by atoms with E-state index >= 15 is 0 Å². The zero-order valence-corrected chi connectivity index (χ0v) is 16.5. The number of amides is 1. The van der Waals surface area contributed by atoms with Crippen molar-refractivity contribution in [3.63, 3.8) is 0 Å². The van der Waals surface area contributed by atoms with Gasteiger partial charge < -0.3 is 5.32 Å². The van der Waals surface area contributed by atoms with Gasteiger partial charge in [-0.1, -0.05) is 48.0 Å². The van der Waals surface area contributed by atoms with Crippen LogP contribution >= 0.6 is 22.9 Å². The molecule has 1 aliphatic rings. The van der Waals surface area contributed by atoms with Crippen LogP contribution in [0.4, 0.5) is 11.6 Å². The Morgan fingerprint density at radius 2 is 1.72 bits per heavy atom. The predicted molar refractivity (Wildman–Crippen MR) is 117 cm³/mol. The number of hydrogen-bond acceptors (Lipinski definition) is 5. The monoisotopic (exact) mass is 416 g/mol. The molecule has 0 bridgehead atoms. The number of rotatable bonds is 3. The quantitative estimate of drug-likeness (QED) is 0.472. The number of thiophene rings is 1. The number of para-hydroxylation sites is 1. The van der Waals surface area contributed by atoms with E-state index in [0.717, 1.165) is 27.4 Å².